The van der Waals surface area contributed by atoms with Crippen molar-refractivity contribution >= 4 is 17.7 Å². The van der Waals surface area contributed by atoms with Crippen LogP contribution in [0.5, 0.6) is 0 Å². The maximum atomic E-state index is 13.1. The Morgan fingerprint density at radius 1 is 1.62 bits per heavy atom. The van der Waals surface area contributed by atoms with Crippen molar-refractivity contribution in [2.24, 2.45) is 0 Å². The van der Waals surface area contributed by atoms with Crippen molar-refractivity contribution in [3.63, 3.8) is 0 Å². The number of nitrogens with one attached hydrogen (secondary N) is 1. The first kappa shape index (κ1) is 11.4. The molecule has 2 N–H and O–H groups in total. The minimum Gasteiger partial charge on any atom is -0.480 e. The number of aliphatic carboxylic acids is 1. The molecule has 0 aromatic heterocycles. The number of carboxylic acids is 1. The van der Waals surface area contributed by atoms with E-state index in [1.165, 1.54) is 23.9 Å². The molecule has 1 aromatic carbocycles. The number of carbonyl (C=O) groups is 1. The fourth-order valence-corrected chi connectivity index (χ4v) is 3.01. The Morgan fingerprint density at radius 2 is 2.38 bits per heavy atom. The quantitative estimate of drug-likeness (QED) is 0.830. The number of aryl methyl sites for hydroxylation is 1. The van der Waals surface area contributed by atoms with Crippen LogP contribution < -0.4 is 5.32 Å². The molecule has 86 valence electrons. The standard InChI is InChI=1S/C11H12FNO2S/c1-6-2-3-7(12)4-8(6)10-13-9(5-16-10)11(14)15/h2-4,9-10,13H,5H2,1H3,(H,14,15)/t9-,10?/m0/s1. The maximum absolute atomic E-state index is 13.1. The van der Waals surface area contributed by atoms with Crippen molar-refractivity contribution in [3.8, 4) is 0 Å². The highest BCUT2D eigenvalue weighted by atomic mass is 32.2. The lowest BCUT2D eigenvalue weighted by atomic mass is 10.1. The van der Waals surface area contributed by atoms with Gasteiger partial charge in [-0.1, -0.05) is 6.07 Å². The summed E-state index contributed by atoms with van der Waals surface area (Å²) < 4.78 is 13.1. The van der Waals surface area contributed by atoms with E-state index in [4.69, 9.17) is 5.11 Å². The van der Waals surface area contributed by atoms with Crippen LogP contribution in [-0.2, 0) is 4.79 Å². The van der Waals surface area contributed by atoms with Crippen molar-refractivity contribution in [2.45, 2.75) is 18.3 Å². The summed E-state index contributed by atoms with van der Waals surface area (Å²) in [4.78, 5) is 10.8. The molecule has 2 atom stereocenters. The lowest BCUT2D eigenvalue weighted by Crippen LogP contribution is -2.33. The van der Waals surface area contributed by atoms with Gasteiger partial charge in [0.25, 0.3) is 0 Å². The first-order chi connectivity index (χ1) is 7.58. The highest BCUT2D eigenvalue weighted by Crippen LogP contribution is 2.34. The fraction of sp³-hybridized carbons (Fsp3) is 0.364. The van der Waals surface area contributed by atoms with Crippen molar-refractivity contribution in [1.82, 2.24) is 5.32 Å². The van der Waals surface area contributed by atoms with E-state index < -0.39 is 12.0 Å². The van der Waals surface area contributed by atoms with Crippen LogP contribution >= 0.6 is 11.8 Å². The van der Waals surface area contributed by atoms with Gasteiger partial charge >= 0.3 is 5.97 Å². The number of halogens is 1. The third-order valence-electron chi connectivity index (χ3n) is 2.60. The van der Waals surface area contributed by atoms with Crippen LogP contribution in [0, 0.1) is 12.7 Å². The molecular formula is C11H12FNO2S. The fourth-order valence-electron chi connectivity index (χ4n) is 1.69. The molecule has 1 saturated heterocycles. The lowest BCUT2D eigenvalue weighted by Gasteiger charge is -2.14. The maximum Gasteiger partial charge on any atom is 0.321 e. The Bertz CT molecular complexity index is 424. The number of hydrogen-bond donors (Lipinski definition) is 2. The molecule has 1 unspecified atom stereocenters. The van der Waals surface area contributed by atoms with Gasteiger partial charge in [-0.25, -0.2) is 4.39 Å². The SMILES string of the molecule is Cc1ccc(F)cc1C1N[C@H](C(=O)O)CS1. The largest absolute Gasteiger partial charge is 0.480 e. The molecule has 0 saturated carbocycles. The van der Waals surface area contributed by atoms with E-state index in [0.717, 1.165) is 11.1 Å². The van der Waals surface area contributed by atoms with E-state index in [2.05, 4.69) is 5.32 Å². The van der Waals surface area contributed by atoms with Gasteiger partial charge in [-0.15, -0.1) is 11.8 Å². The minimum absolute atomic E-state index is 0.128. The van der Waals surface area contributed by atoms with Crippen molar-refractivity contribution < 1.29 is 14.3 Å². The van der Waals surface area contributed by atoms with Crippen LogP contribution in [0.3, 0.4) is 0 Å². The lowest BCUT2D eigenvalue weighted by molar-refractivity contribution is -0.138. The second-order valence-electron chi connectivity index (χ2n) is 3.77. The van der Waals surface area contributed by atoms with Gasteiger partial charge in [0.1, 0.15) is 11.9 Å². The third kappa shape index (κ3) is 2.20. The van der Waals surface area contributed by atoms with E-state index in [-0.39, 0.29) is 11.2 Å². The van der Waals surface area contributed by atoms with Crippen LogP contribution in [0.15, 0.2) is 18.2 Å². The zero-order valence-corrected chi connectivity index (χ0v) is 9.55. The predicted octanol–water partition coefficient (Wildman–Crippen LogP) is 1.92. The smallest absolute Gasteiger partial charge is 0.321 e. The Balaban J connectivity index is 2.20. The molecule has 0 radical (unpaired) electrons. The van der Waals surface area contributed by atoms with Gasteiger partial charge in [0.2, 0.25) is 0 Å². The third-order valence-corrected chi connectivity index (χ3v) is 3.85. The second kappa shape index (κ2) is 4.43. The molecule has 1 heterocycles. The van der Waals surface area contributed by atoms with E-state index in [1.807, 2.05) is 6.92 Å². The Labute approximate surface area is 97.0 Å². The molecule has 2 rings (SSSR count). The second-order valence-corrected chi connectivity index (χ2v) is 4.91. The van der Waals surface area contributed by atoms with Gasteiger partial charge in [-0.2, -0.15) is 0 Å². The van der Waals surface area contributed by atoms with Gasteiger partial charge in [-0.05, 0) is 30.2 Å². The molecule has 5 heteroatoms. The molecule has 0 bridgehead atoms. The zero-order chi connectivity index (χ0) is 11.7. The molecule has 1 fully saturated rings. The topological polar surface area (TPSA) is 49.3 Å². The van der Waals surface area contributed by atoms with Gasteiger partial charge in [0, 0.05) is 5.75 Å². The Morgan fingerprint density at radius 3 is 3.00 bits per heavy atom. The van der Waals surface area contributed by atoms with E-state index in [9.17, 15) is 9.18 Å². The Hall–Kier alpha value is -1.07. The first-order valence-corrected chi connectivity index (χ1v) is 5.99. The van der Waals surface area contributed by atoms with E-state index in [0.29, 0.717) is 5.75 Å². The highest BCUT2D eigenvalue weighted by Gasteiger charge is 2.31. The normalized spacial score (nSPS) is 24.6. The number of benzene rings is 1. The summed E-state index contributed by atoms with van der Waals surface area (Å²) in [5, 5.41) is 11.7. The van der Waals surface area contributed by atoms with E-state index >= 15 is 0 Å². The number of rotatable bonds is 2. The van der Waals surface area contributed by atoms with Gasteiger partial charge < -0.3 is 5.11 Å². The molecule has 1 aliphatic rings. The summed E-state index contributed by atoms with van der Waals surface area (Å²) in [6.45, 7) is 1.89. The summed E-state index contributed by atoms with van der Waals surface area (Å²) in [5.41, 5.74) is 1.80. The summed E-state index contributed by atoms with van der Waals surface area (Å²) in [6.07, 6.45) is 0. The molecule has 3 nitrogen and oxygen atoms in total. The van der Waals surface area contributed by atoms with Crippen LogP contribution in [-0.4, -0.2) is 22.9 Å². The number of carboxylic acid groups (broad SMARTS) is 1. The van der Waals surface area contributed by atoms with Crippen LogP contribution in [0.1, 0.15) is 16.5 Å². The van der Waals surface area contributed by atoms with Crippen molar-refractivity contribution in [2.75, 3.05) is 5.75 Å². The molecule has 1 aliphatic heterocycles. The average molecular weight is 241 g/mol. The molecular weight excluding hydrogens is 229 g/mol. The van der Waals surface area contributed by atoms with E-state index in [1.54, 1.807) is 6.07 Å². The number of thioether (sulfide) groups is 1. The number of hydrogen-bond acceptors (Lipinski definition) is 3. The summed E-state index contributed by atoms with van der Waals surface area (Å²) in [7, 11) is 0. The summed E-state index contributed by atoms with van der Waals surface area (Å²) in [6, 6.07) is 4.04. The monoisotopic (exact) mass is 241 g/mol. The zero-order valence-electron chi connectivity index (χ0n) is 8.74. The average Bonchev–Trinajstić information content (AvgIpc) is 2.70. The van der Waals surface area contributed by atoms with Crippen LogP contribution in [0.25, 0.3) is 0 Å². The molecule has 0 aliphatic carbocycles. The van der Waals surface area contributed by atoms with Crippen molar-refractivity contribution in [3.05, 3.63) is 35.1 Å². The summed E-state index contributed by atoms with van der Waals surface area (Å²) in [5.74, 6) is -0.638. The predicted molar refractivity (Wildman–Crippen MR) is 60.9 cm³/mol. The van der Waals surface area contributed by atoms with Gasteiger partial charge in [-0.3, -0.25) is 10.1 Å². The highest BCUT2D eigenvalue weighted by molar-refractivity contribution is 7.99. The van der Waals surface area contributed by atoms with Gasteiger partial charge in [0.05, 0.1) is 5.37 Å². The minimum atomic E-state index is -0.857. The Kier molecular flexibility index (Phi) is 3.16. The first-order valence-electron chi connectivity index (χ1n) is 4.94. The van der Waals surface area contributed by atoms with Crippen molar-refractivity contribution in [1.29, 1.82) is 0 Å². The van der Waals surface area contributed by atoms with Crippen LogP contribution in [0.4, 0.5) is 4.39 Å². The van der Waals surface area contributed by atoms with Crippen LogP contribution in [0.2, 0.25) is 0 Å². The van der Waals surface area contributed by atoms with Gasteiger partial charge in [0.15, 0.2) is 0 Å². The molecule has 1 aromatic rings. The molecule has 0 spiro atoms. The molecule has 16 heavy (non-hydrogen) atoms. The summed E-state index contributed by atoms with van der Waals surface area (Å²) >= 11 is 1.50. The molecule has 0 amide bonds.